The molecule has 2 N–H and O–H groups in total. The topological polar surface area (TPSA) is 41.4 Å². The third kappa shape index (κ3) is 4.18. The molecule has 1 aliphatic heterocycles. The maximum atomic E-state index is 6.11. The van der Waals surface area contributed by atoms with Crippen LogP contribution in [0.3, 0.4) is 0 Å². The quantitative estimate of drug-likeness (QED) is 0.312. The molecule has 28 heavy (non-hydrogen) atoms. The molecule has 1 saturated carbocycles. The second-order valence-electron chi connectivity index (χ2n) is 8.59. The highest BCUT2D eigenvalue weighted by Crippen LogP contribution is 2.60. The van der Waals surface area contributed by atoms with Crippen LogP contribution in [0.4, 0.5) is 5.69 Å². The molecule has 1 aromatic carbocycles. The van der Waals surface area contributed by atoms with Crippen LogP contribution in [0.15, 0.2) is 41.4 Å². The van der Waals surface area contributed by atoms with Crippen LogP contribution in [-0.2, 0) is 6.42 Å². The minimum atomic E-state index is 0.328. The molecule has 2 aliphatic rings. The molecule has 0 aromatic heterocycles. The third-order valence-corrected chi connectivity index (χ3v) is 6.95. The van der Waals surface area contributed by atoms with E-state index in [1.165, 1.54) is 24.9 Å². The zero-order valence-corrected chi connectivity index (χ0v) is 17.9. The Morgan fingerprint density at radius 2 is 2.18 bits per heavy atom. The van der Waals surface area contributed by atoms with Gasteiger partial charge >= 0.3 is 0 Å². The predicted molar refractivity (Wildman–Crippen MR) is 120 cm³/mol. The van der Waals surface area contributed by atoms with Crippen molar-refractivity contribution in [2.45, 2.75) is 58.0 Å². The Kier molecular flexibility index (Phi) is 6.62. The van der Waals surface area contributed by atoms with Crippen molar-refractivity contribution in [3.8, 4) is 11.8 Å². The maximum Gasteiger partial charge on any atom is 0.0389 e. The highest BCUT2D eigenvalue weighted by molar-refractivity contribution is 5.70. The molecular formula is C25H35N3. The van der Waals surface area contributed by atoms with E-state index in [0.717, 1.165) is 30.4 Å². The van der Waals surface area contributed by atoms with Gasteiger partial charge in [-0.25, -0.2) is 0 Å². The number of hydrogen-bond donors (Lipinski definition) is 1. The van der Waals surface area contributed by atoms with Crippen molar-refractivity contribution in [3.05, 3.63) is 42.0 Å². The molecule has 0 amide bonds. The Hall–Kier alpha value is -2.05. The largest absolute Gasteiger partial charge is 0.399 e. The molecule has 3 nitrogen and oxygen atoms in total. The van der Waals surface area contributed by atoms with E-state index in [4.69, 9.17) is 5.73 Å². The molecule has 1 heterocycles. The van der Waals surface area contributed by atoms with E-state index >= 15 is 0 Å². The summed E-state index contributed by atoms with van der Waals surface area (Å²) in [4.78, 5) is 6.79. The summed E-state index contributed by atoms with van der Waals surface area (Å²) in [5.41, 5.74) is 8.69. The van der Waals surface area contributed by atoms with Crippen molar-refractivity contribution in [3.63, 3.8) is 0 Å². The number of allylic oxidation sites excluding steroid dienone is 2. The average molecular weight is 378 g/mol. The second kappa shape index (κ2) is 8.97. The molecule has 3 rings (SSSR count). The Bertz CT molecular complexity index is 784. The zero-order valence-electron chi connectivity index (χ0n) is 17.9. The summed E-state index contributed by atoms with van der Waals surface area (Å²) in [6.07, 6.45) is 10.8. The van der Waals surface area contributed by atoms with Crippen molar-refractivity contribution in [2.24, 2.45) is 22.7 Å². The van der Waals surface area contributed by atoms with E-state index in [-0.39, 0.29) is 0 Å². The lowest BCUT2D eigenvalue weighted by atomic mass is 9.90. The van der Waals surface area contributed by atoms with Crippen molar-refractivity contribution in [1.29, 1.82) is 0 Å². The van der Waals surface area contributed by atoms with Gasteiger partial charge in [0.15, 0.2) is 0 Å². The Morgan fingerprint density at radius 1 is 1.39 bits per heavy atom. The number of aryl methyl sites for hydroxylation is 1. The fourth-order valence-corrected chi connectivity index (χ4v) is 5.40. The van der Waals surface area contributed by atoms with Crippen molar-refractivity contribution < 1.29 is 0 Å². The van der Waals surface area contributed by atoms with E-state index in [1.807, 2.05) is 31.3 Å². The zero-order chi connectivity index (χ0) is 20.1. The molecule has 0 bridgehead atoms. The number of nitrogens with two attached hydrogens (primary N) is 1. The summed E-state index contributed by atoms with van der Waals surface area (Å²) in [6.45, 7) is 8.01. The number of nitrogens with zero attached hydrogens (tertiary/aromatic N) is 2. The number of piperidine rings is 1. The van der Waals surface area contributed by atoms with E-state index in [0.29, 0.717) is 17.5 Å². The fraction of sp³-hybridized carbons (Fsp3) is 0.560. The van der Waals surface area contributed by atoms with Gasteiger partial charge in [-0.15, -0.1) is 5.92 Å². The smallest absolute Gasteiger partial charge is 0.0389 e. The molecule has 2 fully saturated rings. The number of hydrogen-bond acceptors (Lipinski definition) is 3. The number of aliphatic imine (C=N–C) groups is 1. The molecular weight excluding hydrogens is 342 g/mol. The molecule has 6 unspecified atom stereocenters. The number of rotatable bonds is 8. The third-order valence-electron chi connectivity index (χ3n) is 6.95. The number of likely N-dealkylation sites (tertiary alicyclic amines) is 1. The van der Waals surface area contributed by atoms with E-state index in [9.17, 15) is 0 Å². The normalized spacial score (nSPS) is 32.3. The van der Waals surface area contributed by atoms with Gasteiger partial charge in [0, 0.05) is 36.4 Å². The SMILES string of the molecule is CC#CC(/C=C\C=NC)CC1CC(C)C2(C)C1N2CCCc1ccccc1N. The molecule has 6 atom stereocenters. The molecule has 1 saturated heterocycles. The lowest BCUT2D eigenvalue weighted by Crippen LogP contribution is -2.24. The summed E-state index contributed by atoms with van der Waals surface area (Å²) in [7, 11) is 1.81. The summed E-state index contributed by atoms with van der Waals surface area (Å²) >= 11 is 0. The van der Waals surface area contributed by atoms with Gasteiger partial charge in [-0.1, -0.05) is 37.1 Å². The highest BCUT2D eigenvalue weighted by atomic mass is 15.4. The Balaban J connectivity index is 1.59. The number of benzene rings is 1. The Morgan fingerprint density at radius 3 is 2.89 bits per heavy atom. The van der Waals surface area contributed by atoms with Crippen molar-refractivity contribution in [2.75, 3.05) is 19.3 Å². The first-order valence-electron chi connectivity index (χ1n) is 10.6. The predicted octanol–water partition coefficient (Wildman–Crippen LogP) is 4.59. The minimum absolute atomic E-state index is 0.328. The van der Waals surface area contributed by atoms with Crippen LogP contribution in [0.5, 0.6) is 0 Å². The molecule has 0 radical (unpaired) electrons. The minimum Gasteiger partial charge on any atom is -0.399 e. The standard InChI is InChI=1S/C25H35N3/c1-5-10-20(11-8-15-27-4)18-22-17-19(2)25(3)24(22)28(25)16-9-13-21-12-6-7-14-23(21)26/h6-8,11-12,14-15,19-20,22,24H,9,13,16-18,26H2,1-4H3/b11-8-,27-15?. The van der Waals surface area contributed by atoms with Gasteiger partial charge in [-0.2, -0.15) is 0 Å². The number of nitrogen functional groups attached to an aromatic ring is 1. The lowest BCUT2D eigenvalue weighted by molar-refractivity contribution is 0.257. The second-order valence-corrected chi connectivity index (χ2v) is 8.59. The first-order chi connectivity index (χ1) is 13.5. The Labute approximate surface area is 171 Å². The summed E-state index contributed by atoms with van der Waals surface area (Å²) in [5, 5.41) is 0. The van der Waals surface area contributed by atoms with Crippen LogP contribution in [0.2, 0.25) is 0 Å². The van der Waals surface area contributed by atoms with Crippen LogP contribution in [0.1, 0.15) is 45.6 Å². The van der Waals surface area contributed by atoms with Gasteiger partial charge < -0.3 is 5.73 Å². The number of para-hydroxylation sites is 1. The molecule has 1 aromatic rings. The summed E-state index contributed by atoms with van der Waals surface area (Å²) < 4.78 is 0. The molecule has 3 heteroatoms. The summed E-state index contributed by atoms with van der Waals surface area (Å²) in [6, 6.07) is 8.98. The highest BCUT2D eigenvalue weighted by Gasteiger charge is 2.68. The number of anilines is 1. The maximum absolute atomic E-state index is 6.11. The fourth-order valence-electron chi connectivity index (χ4n) is 5.40. The van der Waals surface area contributed by atoms with Gasteiger partial charge in [0.05, 0.1) is 0 Å². The van der Waals surface area contributed by atoms with Crippen LogP contribution < -0.4 is 5.73 Å². The molecule has 1 aliphatic carbocycles. The van der Waals surface area contributed by atoms with E-state index in [1.54, 1.807) is 7.05 Å². The summed E-state index contributed by atoms with van der Waals surface area (Å²) in [5.74, 6) is 8.32. The molecule has 0 spiro atoms. The first-order valence-corrected chi connectivity index (χ1v) is 10.6. The average Bonchev–Trinajstić information content (AvgIpc) is 3.19. The van der Waals surface area contributed by atoms with Crippen LogP contribution in [0.25, 0.3) is 0 Å². The monoisotopic (exact) mass is 377 g/mol. The van der Waals surface area contributed by atoms with Gasteiger partial charge in [-0.05, 0) is 75.6 Å². The van der Waals surface area contributed by atoms with Crippen LogP contribution in [-0.4, -0.2) is 36.3 Å². The molecule has 150 valence electrons. The first kappa shape index (κ1) is 20.7. The van der Waals surface area contributed by atoms with E-state index < -0.39 is 0 Å². The van der Waals surface area contributed by atoms with Crippen molar-refractivity contribution >= 4 is 11.9 Å². The van der Waals surface area contributed by atoms with E-state index in [2.05, 4.69) is 53.8 Å². The van der Waals surface area contributed by atoms with Gasteiger partial charge in [0.2, 0.25) is 0 Å². The lowest BCUT2D eigenvalue weighted by Gasteiger charge is -2.23. The number of fused-ring (bicyclic) bond motifs is 1. The van der Waals surface area contributed by atoms with Crippen molar-refractivity contribution in [1.82, 2.24) is 4.90 Å². The van der Waals surface area contributed by atoms with Gasteiger partial charge in [0.25, 0.3) is 0 Å². The van der Waals surface area contributed by atoms with Crippen LogP contribution >= 0.6 is 0 Å². The van der Waals surface area contributed by atoms with Crippen LogP contribution in [0, 0.1) is 29.6 Å². The van der Waals surface area contributed by atoms with Gasteiger partial charge in [0.1, 0.15) is 0 Å². The van der Waals surface area contributed by atoms with Gasteiger partial charge in [-0.3, -0.25) is 9.89 Å².